The molecule has 2 heterocycles. The molecule has 1 N–H and O–H groups in total. The first-order valence-electron chi connectivity index (χ1n) is 13.2. The summed E-state index contributed by atoms with van der Waals surface area (Å²) in [6.45, 7) is 3.88. The number of benzene rings is 3. The number of aryl methyl sites for hydroxylation is 1. The molecule has 1 atom stereocenters. The highest BCUT2D eigenvalue weighted by Crippen LogP contribution is 2.36. The molecule has 1 amide bonds. The van der Waals surface area contributed by atoms with Crippen molar-refractivity contribution in [2.24, 2.45) is 5.92 Å². The van der Waals surface area contributed by atoms with Crippen LogP contribution in [0.25, 0.3) is 10.9 Å². The van der Waals surface area contributed by atoms with Crippen molar-refractivity contribution in [1.82, 2.24) is 9.88 Å². The molecule has 0 aliphatic carbocycles. The Morgan fingerprint density at radius 2 is 1.75 bits per heavy atom. The number of nitrogens with zero attached hydrogens (tertiary/aromatic N) is 1. The first kappa shape index (κ1) is 24.2. The van der Waals surface area contributed by atoms with Gasteiger partial charge < -0.3 is 14.6 Å². The van der Waals surface area contributed by atoms with Crippen molar-refractivity contribution in [3.8, 4) is 5.75 Å². The molecule has 0 radical (unpaired) electrons. The van der Waals surface area contributed by atoms with Gasteiger partial charge in [-0.05, 0) is 66.0 Å². The fourth-order valence-electron chi connectivity index (χ4n) is 5.70. The summed E-state index contributed by atoms with van der Waals surface area (Å²) in [5, 5.41) is 1.21. The Hall–Kier alpha value is -3.53. The van der Waals surface area contributed by atoms with Crippen LogP contribution < -0.4 is 4.74 Å². The molecule has 4 nitrogen and oxygen atoms in total. The molecule has 186 valence electrons. The SMILES string of the molecule is CCc1cccc2c(C(CC(=O)N3CCC(Cc4ccccc4)CC3)c3ccc(OC)cc3)c[nH]c12. The summed E-state index contributed by atoms with van der Waals surface area (Å²) in [5.41, 5.74) is 6.22. The third-order valence-electron chi connectivity index (χ3n) is 7.82. The molecule has 1 saturated heterocycles. The molecule has 0 saturated carbocycles. The van der Waals surface area contributed by atoms with E-state index < -0.39 is 0 Å². The number of carbonyl (C=O) groups is 1. The average Bonchev–Trinajstić information content (AvgIpc) is 3.37. The first-order valence-corrected chi connectivity index (χ1v) is 13.2. The number of carbonyl (C=O) groups excluding carboxylic acids is 1. The molecular weight excluding hydrogens is 444 g/mol. The molecule has 1 aromatic heterocycles. The molecule has 0 spiro atoms. The zero-order chi connectivity index (χ0) is 24.9. The summed E-state index contributed by atoms with van der Waals surface area (Å²) in [6, 6.07) is 25.4. The van der Waals surface area contributed by atoms with E-state index in [0.29, 0.717) is 12.3 Å². The van der Waals surface area contributed by atoms with Gasteiger partial charge in [0, 0.05) is 42.5 Å². The van der Waals surface area contributed by atoms with Crippen molar-refractivity contribution in [3.63, 3.8) is 0 Å². The summed E-state index contributed by atoms with van der Waals surface area (Å²) in [7, 11) is 1.68. The topological polar surface area (TPSA) is 45.3 Å². The quantitative estimate of drug-likeness (QED) is 0.303. The summed E-state index contributed by atoms with van der Waals surface area (Å²) in [5.74, 6) is 1.72. The fraction of sp³-hybridized carbons (Fsp3) is 0.344. The van der Waals surface area contributed by atoms with Gasteiger partial charge in [0.15, 0.2) is 0 Å². The number of hydrogen-bond donors (Lipinski definition) is 1. The lowest BCUT2D eigenvalue weighted by atomic mass is 9.86. The van der Waals surface area contributed by atoms with E-state index in [0.717, 1.165) is 50.1 Å². The number of aromatic nitrogens is 1. The largest absolute Gasteiger partial charge is 0.497 e. The fourth-order valence-corrected chi connectivity index (χ4v) is 5.70. The lowest BCUT2D eigenvalue weighted by molar-refractivity contribution is -0.132. The lowest BCUT2D eigenvalue weighted by Crippen LogP contribution is -2.39. The summed E-state index contributed by atoms with van der Waals surface area (Å²) in [4.78, 5) is 19.2. The predicted molar refractivity (Wildman–Crippen MR) is 147 cm³/mol. The second-order valence-corrected chi connectivity index (χ2v) is 9.98. The highest BCUT2D eigenvalue weighted by Gasteiger charge is 2.27. The van der Waals surface area contributed by atoms with Gasteiger partial charge in [-0.1, -0.05) is 67.6 Å². The third-order valence-corrected chi connectivity index (χ3v) is 7.82. The van der Waals surface area contributed by atoms with Crippen molar-refractivity contribution in [3.05, 3.63) is 101 Å². The number of ether oxygens (including phenoxy) is 1. The molecule has 3 aromatic carbocycles. The van der Waals surface area contributed by atoms with Crippen LogP contribution in [0.3, 0.4) is 0 Å². The van der Waals surface area contributed by atoms with Crippen molar-refractivity contribution in [1.29, 1.82) is 0 Å². The van der Waals surface area contributed by atoms with Gasteiger partial charge >= 0.3 is 0 Å². The number of piperidine rings is 1. The monoisotopic (exact) mass is 480 g/mol. The molecular formula is C32H36N2O2. The van der Waals surface area contributed by atoms with Crippen molar-refractivity contribution in [2.45, 2.75) is 44.9 Å². The van der Waals surface area contributed by atoms with E-state index in [1.807, 2.05) is 12.1 Å². The number of amides is 1. The molecule has 4 heteroatoms. The van der Waals surface area contributed by atoms with Crippen LogP contribution in [0, 0.1) is 5.92 Å². The van der Waals surface area contributed by atoms with Gasteiger partial charge in [-0.15, -0.1) is 0 Å². The second-order valence-electron chi connectivity index (χ2n) is 9.98. The first-order chi connectivity index (χ1) is 17.7. The molecule has 1 fully saturated rings. The van der Waals surface area contributed by atoms with Gasteiger partial charge in [0.1, 0.15) is 5.75 Å². The van der Waals surface area contributed by atoms with E-state index in [1.54, 1.807) is 7.11 Å². The van der Waals surface area contributed by atoms with Crippen molar-refractivity contribution in [2.75, 3.05) is 20.2 Å². The average molecular weight is 481 g/mol. The minimum Gasteiger partial charge on any atom is -0.497 e. The molecule has 4 aromatic rings. The minimum absolute atomic E-state index is 0.00805. The number of rotatable bonds is 8. The van der Waals surface area contributed by atoms with Crippen LogP contribution >= 0.6 is 0 Å². The third kappa shape index (κ3) is 5.18. The second kappa shape index (κ2) is 11.0. The standard InChI is InChI=1S/C32H36N2O2/c1-3-25-10-7-11-28-30(22-33-32(25)28)29(26-12-14-27(36-2)15-13-26)21-31(35)34-18-16-24(17-19-34)20-23-8-5-4-6-9-23/h4-15,22,24,29,33H,3,16-21H2,1-2H3. The van der Waals surface area contributed by atoms with Gasteiger partial charge in [-0.3, -0.25) is 4.79 Å². The molecule has 1 unspecified atom stereocenters. The van der Waals surface area contributed by atoms with Crippen molar-refractivity contribution >= 4 is 16.8 Å². The lowest BCUT2D eigenvalue weighted by Gasteiger charge is -2.33. The normalized spacial score (nSPS) is 15.2. The highest BCUT2D eigenvalue weighted by molar-refractivity contribution is 5.88. The number of para-hydroxylation sites is 1. The van der Waals surface area contributed by atoms with E-state index in [1.165, 1.54) is 27.6 Å². The molecule has 0 bridgehead atoms. The Morgan fingerprint density at radius 1 is 1.00 bits per heavy atom. The summed E-state index contributed by atoms with van der Waals surface area (Å²) < 4.78 is 5.39. The molecule has 5 rings (SSSR count). The minimum atomic E-state index is -0.00805. The van der Waals surface area contributed by atoms with E-state index in [-0.39, 0.29) is 11.8 Å². The van der Waals surface area contributed by atoms with Crippen LogP contribution in [-0.4, -0.2) is 36.0 Å². The molecule has 36 heavy (non-hydrogen) atoms. The predicted octanol–water partition coefficient (Wildman–Crippen LogP) is 6.74. The number of hydrogen-bond acceptors (Lipinski definition) is 2. The van der Waals surface area contributed by atoms with Gasteiger partial charge in [0.2, 0.25) is 5.91 Å². The van der Waals surface area contributed by atoms with Gasteiger partial charge in [-0.2, -0.15) is 0 Å². The van der Waals surface area contributed by atoms with Crippen LogP contribution in [-0.2, 0) is 17.6 Å². The summed E-state index contributed by atoms with van der Waals surface area (Å²) in [6.07, 6.45) is 6.80. The van der Waals surface area contributed by atoms with Crippen LogP contribution in [0.4, 0.5) is 0 Å². The van der Waals surface area contributed by atoms with Gasteiger partial charge in [0.05, 0.1) is 7.11 Å². The van der Waals surface area contributed by atoms with E-state index >= 15 is 0 Å². The molecule has 1 aliphatic rings. The smallest absolute Gasteiger partial charge is 0.223 e. The van der Waals surface area contributed by atoms with E-state index in [4.69, 9.17) is 4.74 Å². The Labute approximate surface area is 214 Å². The van der Waals surface area contributed by atoms with E-state index in [9.17, 15) is 4.79 Å². The maximum Gasteiger partial charge on any atom is 0.223 e. The van der Waals surface area contributed by atoms with Crippen LogP contribution in [0.2, 0.25) is 0 Å². The van der Waals surface area contributed by atoms with Gasteiger partial charge in [-0.25, -0.2) is 0 Å². The van der Waals surface area contributed by atoms with Crippen molar-refractivity contribution < 1.29 is 9.53 Å². The summed E-state index contributed by atoms with van der Waals surface area (Å²) >= 11 is 0. The number of nitrogens with one attached hydrogen (secondary N) is 1. The Balaban J connectivity index is 1.35. The van der Waals surface area contributed by atoms with E-state index in [2.05, 4.69) is 83.7 Å². The number of likely N-dealkylation sites (tertiary alicyclic amines) is 1. The van der Waals surface area contributed by atoms with Crippen LogP contribution in [0.1, 0.15) is 54.4 Å². The van der Waals surface area contributed by atoms with Gasteiger partial charge in [0.25, 0.3) is 0 Å². The highest BCUT2D eigenvalue weighted by atomic mass is 16.5. The maximum absolute atomic E-state index is 13.6. The zero-order valence-corrected chi connectivity index (χ0v) is 21.4. The van der Waals surface area contributed by atoms with Crippen LogP contribution in [0.5, 0.6) is 5.75 Å². The Kier molecular flexibility index (Phi) is 7.41. The van der Waals surface area contributed by atoms with Crippen LogP contribution in [0.15, 0.2) is 79.0 Å². The molecule has 1 aliphatic heterocycles. The number of aromatic amines is 1. The zero-order valence-electron chi connectivity index (χ0n) is 21.4. The number of fused-ring (bicyclic) bond motifs is 1. The number of H-pyrrole nitrogens is 1. The maximum atomic E-state index is 13.6. The number of methoxy groups -OCH3 is 1. The Morgan fingerprint density at radius 3 is 2.44 bits per heavy atom. The Bertz CT molecular complexity index is 1290.